The van der Waals surface area contributed by atoms with Gasteiger partial charge in [0.05, 0.1) is 18.3 Å². The number of nitrogens with zero attached hydrogens (tertiary/aromatic N) is 4. The van der Waals surface area contributed by atoms with Crippen LogP contribution in [0, 0.1) is 18.6 Å². The van der Waals surface area contributed by atoms with Crippen LogP contribution in [0.3, 0.4) is 0 Å². The van der Waals surface area contributed by atoms with Gasteiger partial charge in [-0.05, 0) is 53.2 Å². The number of nitrogens with one attached hydrogen (secondary N) is 2. The highest BCUT2D eigenvalue weighted by atomic mass is 32.1. The van der Waals surface area contributed by atoms with Crippen molar-refractivity contribution in [3.05, 3.63) is 46.6 Å². The van der Waals surface area contributed by atoms with Crippen molar-refractivity contribution in [1.82, 2.24) is 20.1 Å². The first-order chi connectivity index (χ1) is 19.0. The molecule has 3 aromatic rings. The van der Waals surface area contributed by atoms with Gasteiger partial charge in [-0.3, -0.25) is 9.48 Å². The summed E-state index contributed by atoms with van der Waals surface area (Å²) in [6, 6.07) is 3.43. The second-order valence-corrected chi connectivity index (χ2v) is 12.6. The van der Waals surface area contributed by atoms with Crippen LogP contribution in [-0.4, -0.2) is 56.9 Å². The Morgan fingerprint density at radius 3 is 2.46 bits per heavy atom. The maximum atomic E-state index is 15.2. The largest absolute Gasteiger partial charge is 0.444 e. The third kappa shape index (κ3) is 6.97. The molecule has 1 aliphatic heterocycles. The minimum atomic E-state index is -3.21. The zero-order valence-corrected chi connectivity index (χ0v) is 24.4. The summed E-state index contributed by atoms with van der Waals surface area (Å²) in [5.74, 6) is -5.29. The van der Waals surface area contributed by atoms with Gasteiger partial charge in [0, 0.05) is 30.4 Å². The Hall–Kier alpha value is -3.68. The first-order valence-corrected chi connectivity index (χ1v) is 13.7. The van der Waals surface area contributed by atoms with Crippen molar-refractivity contribution in [1.29, 1.82) is 0 Å². The highest BCUT2D eigenvalue weighted by Crippen LogP contribution is 2.38. The molecule has 41 heavy (non-hydrogen) atoms. The Balaban J connectivity index is 1.56. The van der Waals surface area contributed by atoms with Crippen molar-refractivity contribution in [2.45, 2.75) is 64.5 Å². The molecule has 1 aromatic carbocycles. The fraction of sp³-hybridized carbons (Fsp3) is 0.481. The molecule has 2 N–H and O–H groups in total. The SMILES string of the molecule is Cc1sc(-c2c(F)cccc2F)nc1C(=O)Nc1cnn(C)c1N1CC[C@](C)(NC(=O)OC(C)(C)C)CC(F)(F)C1. The highest BCUT2D eigenvalue weighted by molar-refractivity contribution is 7.15. The molecular formula is C27H32F4N6O3S. The summed E-state index contributed by atoms with van der Waals surface area (Å²) >= 11 is 0.955. The number of carbonyl (C=O) groups excluding carboxylic acids is 2. The van der Waals surface area contributed by atoms with Gasteiger partial charge >= 0.3 is 6.09 Å². The van der Waals surface area contributed by atoms with Crippen molar-refractivity contribution >= 4 is 34.8 Å². The highest BCUT2D eigenvalue weighted by Gasteiger charge is 2.46. The van der Waals surface area contributed by atoms with E-state index in [0.29, 0.717) is 4.88 Å². The third-order valence-corrected chi connectivity index (χ3v) is 7.44. The molecule has 1 atom stereocenters. The lowest BCUT2D eigenvalue weighted by molar-refractivity contribution is -0.0195. The Bertz CT molecular complexity index is 1450. The molecule has 1 aliphatic rings. The average Bonchev–Trinajstić information content (AvgIpc) is 3.33. The van der Waals surface area contributed by atoms with E-state index in [1.807, 2.05) is 0 Å². The number of alkyl carbamates (subject to hydrolysis) is 1. The zero-order chi connectivity index (χ0) is 30.3. The van der Waals surface area contributed by atoms with Crippen molar-refractivity contribution in [2.75, 3.05) is 23.3 Å². The molecule has 222 valence electrons. The van der Waals surface area contributed by atoms with Gasteiger partial charge in [-0.25, -0.2) is 27.3 Å². The lowest BCUT2D eigenvalue weighted by atomic mass is 9.91. The fourth-order valence-electron chi connectivity index (χ4n) is 4.78. The van der Waals surface area contributed by atoms with E-state index in [1.54, 1.807) is 41.7 Å². The van der Waals surface area contributed by atoms with Crippen LogP contribution in [0.5, 0.6) is 0 Å². The van der Waals surface area contributed by atoms with Crippen LogP contribution in [0.15, 0.2) is 24.4 Å². The molecule has 0 saturated carbocycles. The van der Waals surface area contributed by atoms with Crippen molar-refractivity contribution in [2.24, 2.45) is 7.05 Å². The summed E-state index contributed by atoms with van der Waals surface area (Å²) in [6.07, 6.45) is 0.0744. The van der Waals surface area contributed by atoms with Crippen LogP contribution < -0.4 is 15.5 Å². The number of benzene rings is 1. The summed E-state index contributed by atoms with van der Waals surface area (Å²) < 4.78 is 65.7. The molecule has 0 radical (unpaired) electrons. The molecule has 2 aromatic heterocycles. The summed E-state index contributed by atoms with van der Waals surface area (Å²) in [4.78, 5) is 31.6. The normalized spacial score (nSPS) is 19.0. The molecule has 4 rings (SSSR count). The minimum Gasteiger partial charge on any atom is -0.444 e. The smallest absolute Gasteiger partial charge is 0.408 e. The number of anilines is 2. The molecule has 1 saturated heterocycles. The molecule has 0 spiro atoms. The van der Waals surface area contributed by atoms with Gasteiger partial charge < -0.3 is 20.3 Å². The fourth-order valence-corrected chi connectivity index (χ4v) is 5.74. The molecule has 0 unspecified atom stereocenters. The maximum absolute atomic E-state index is 15.2. The third-order valence-electron chi connectivity index (χ3n) is 6.45. The van der Waals surface area contributed by atoms with Crippen molar-refractivity contribution in [3.63, 3.8) is 0 Å². The van der Waals surface area contributed by atoms with Gasteiger partial charge in [-0.1, -0.05) is 6.07 Å². The maximum Gasteiger partial charge on any atom is 0.408 e. The van der Waals surface area contributed by atoms with E-state index in [9.17, 15) is 18.4 Å². The second-order valence-electron chi connectivity index (χ2n) is 11.4. The number of ether oxygens (including phenoxy) is 1. The van der Waals surface area contributed by atoms with Crippen LogP contribution in [0.2, 0.25) is 0 Å². The van der Waals surface area contributed by atoms with Crippen LogP contribution in [0.25, 0.3) is 10.6 Å². The molecular weight excluding hydrogens is 564 g/mol. The monoisotopic (exact) mass is 596 g/mol. The molecule has 3 heterocycles. The van der Waals surface area contributed by atoms with Crippen LogP contribution >= 0.6 is 11.3 Å². The number of halogens is 4. The predicted octanol–water partition coefficient (Wildman–Crippen LogP) is 5.90. The molecule has 9 nitrogen and oxygen atoms in total. The standard InChI is InChI=1S/C27H32F4N6O3S/c1-15-20(34-22(41-15)19-16(28)8-7-9-17(19)29)21(38)33-18-12-32-36(6)23(18)37-11-10-26(5,13-27(30,31)14-37)35-24(39)40-25(2,3)4/h7-9,12H,10-11,13-14H2,1-6H3,(H,33,38)(H,35,39)/t26-/m0/s1. The topological polar surface area (TPSA) is 101 Å². The van der Waals surface area contributed by atoms with E-state index in [4.69, 9.17) is 4.74 Å². The Morgan fingerprint density at radius 2 is 1.83 bits per heavy atom. The second kappa shape index (κ2) is 11.0. The summed E-state index contributed by atoms with van der Waals surface area (Å²) in [6.45, 7) is 7.60. The first-order valence-electron chi connectivity index (χ1n) is 12.9. The van der Waals surface area contributed by atoms with Crippen LogP contribution in [-0.2, 0) is 11.8 Å². The number of hydrogen-bond donors (Lipinski definition) is 2. The number of amides is 2. The van der Waals surface area contributed by atoms with Gasteiger partial charge in [0.25, 0.3) is 11.8 Å². The predicted molar refractivity (Wildman–Crippen MR) is 148 cm³/mol. The van der Waals surface area contributed by atoms with E-state index < -0.39 is 53.7 Å². The molecule has 1 fully saturated rings. The summed E-state index contributed by atoms with van der Waals surface area (Å²) in [5.41, 5.74) is -2.29. The van der Waals surface area contributed by atoms with Gasteiger partial charge in [0.15, 0.2) is 5.82 Å². The molecule has 0 bridgehead atoms. The zero-order valence-electron chi connectivity index (χ0n) is 23.6. The van der Waals surface area contributed by atoms with Gasteiger partial charge in [-0.2, -0.15) is 5.10 Å². The Kier molecular flexibility index (Phi) is 8.09. The van der Waals surface area contributed by atoms with Crippen molar-refractivity contribution in [3.8, 4) is 10.6 Å². The number of carbonyl (C=O) groups is 2. The lowest BCUT2D eigenvalue weighted by Gasteiger charge is -2.32. The Morgan fingerprint density at radius 1 is 1.17 bits per heavy atom. The average molecular weight is 597 g/mol. The molecule has 2 amide bonds. The van der Waals surface area contributed by atoms with Crippen molar-refractivity contribution < 1.29 is 31.9 Å². The number of hydrogen-bond acceptors (Lipinski definition) is 7. The van der Waals surface area contributed by atoms with Gasteiger partial charge in [0.1, 0.15) is 33.6 Å². The minimum absolute atomic E-state index is 0.00130. The number of alkyl halides is 2. The summed E-state index contributed by atoms with van der Waals surface area (Å²) in [7, 11) is 1.55. The van der Waals surface area contributed by atoms with E-state index in [2.05, 4.69) is 20.7 Å². The quantitative estimate of drug-likeness (QED) is 0.356. The number of aryl methyl sites for hydroxylation is 2. The summed E-state index contributed by atoms with van der Waals surface area (Å²) in [5, 5.41) is 9.42. The van der Waals surface area contributed by atoms with Crippen LogP contribution in [0.4, 0.5) is 33.9 Å². The van der Waals surface area contributed by atoms with Gasteiger partial charge in [-0.15, -0.1) is 11.3 Å². The number of rotatable bonds is 5. The van der Waals surface area contributed by atoms with E-state index in [0.717, 1.165) is 23.5 Å². The van der Waals surface area contributed by atoms with E-state index in [-0.39, 0.29) is 40.7 Å². The number of aromatic nitrogens is 3. The Labute approximate surface area is 238 Å². The van der Waals surface area contributed by atoms with Gasteiger partial charge in [0.2, 0.25) is 0 Å². The lowest BCUT2D eigenvalue weighted by Crippen LogP contribution is -2.50. The van der Waals surface area contributed by atoms with Crippen LogP contribution in [0.1, 0.15) is 55.9 Å². The van der Waals surface area contributed by atoms with E-state index in [1.165, 1.54) is 21.8 Å². The number of thiazole rings is 1. The molecule has 14 heteroatoms. The molecule has 0 aliphatic carbocycles. The first kappa shape index (κ1) is 30.3. The van der Waals surface area contributed by atoms with E-state index >= 15 is 8.78 Å².